The van der Waals surface area contributed by atoms with E-state index < -0.39 is 11.9 Å². The number of allylic oxidation sites excluding steroid dienone is 1. The van der Waals surface area contributed by atoms with Crippen LogP contribution in [0.4, 0.5) is 10.1 Å². The van der Waals surface area contributed by atoms with Gasteiger partial charge in [-0.2, -0.15) is 0 Å². The number of hydrogen-bond donors (Lipinski definition) is 1. The fourth-order valence-corrected chi connectivity index (χ4v) is 5.61. The summed E-state index contributed by atoms with van der Waals surface area (Å²) in [6.07, 6.45) is 1.73. The lowest BCUT2D eigenvalue weighted by molar-refractivity contribution is -0.113. The number of nitrogens with zero attached hydrogens (tertiary/aromatic N) is 2. The third kappa shape index (κ3) is 5.05. The molecular weight excluding hydrogens is 525 g/mol. The molecule has 1 aliphatic rings. The number of halogens is 2. The number of aromatic nitrogens is 1. The molecule has 0 saturated carbocycles. The van der Waals surface area contributed by atoms with E-state index in [2.05, 4.69) is 10.3 Å². The van der Waals surface area contributed by atoms with E-state index in [1.807, 2.05) is 31.2 Å². The maximum atomic E-state index is 13.8. The summed E-state index contributed by atoms with van der Waals surface area (Å²) in [7, 11) is 0. The summed E-state index contributed by atoms with van der Waals surface area (Å²) in [6, 6.07) is 19.3. The highest BCUT2D eigenvalue weighted by molar-refractivity contribution is 7.07. The zero-order chi connectivity index (χ0) is 26.8. The van der Waals surface area contributed by atoms with Gasteiger partial charge in [0.1, 0.15) is 11.6 Å². The van der Waals surface area contributed by atoms with Gasteiger partial charge in [-0.1, -0.05) is 59.3 Å². The standard InChI is InChI=1S/C29H23ClFN3O3S/c1-3-37-23-14-9-18(15-22(23)30)16-24-28(36)34-26(19-10-12-20(31)13-11-19)25(17(2)32-29(34)38-24)27(35)33-21-7-5-4-6-8-21/h4-16,26H,3H2,1-2H3,(H,33,35)/b24-16-/t26-/m0/s1. The van der Waals surface area contributed by atoms with Crippen molar-refractivity contribution in [2.45, 2.75) is 19.9 Å². The van der Waals surface area contributed by atoms with E-state index in [0.29, 0.717) is 49.2 Å². The first-order valence-electron chi connectivity index (χ1n) is 11.9. The summed E-state index contributed by atoms with van der Waals surface area (Å²) in [5, 5.41) is 3.33. The quantitative estimate of drug-likeness (QED) is 0.366. The molecule has 0 spiro atoms. The third-order valence-corrected chi connectivity index (χ3v) is 7.32. The molecule has 0 unspecified atom stereocenters. The molecule has 0 bridgehead atoms. The van der Waals surface area contributed by atoms with Crippen molar-refractivity contribution in [3.8, 4) is 5.75 Å². The van der Waals surface area contributed by atoms with Gasteiger partial charge in [-0.05, 0) is 67.4 Å². The minimum Gasteiger partial charge on any atom is -0.492 e. The van der Waals surface area contributed by atoms with Gasteiger partial charge in [0.25, 0.3) is 11.5 Å². The maximum Gasteiger partial charge on any atom is 0.271 e. The summed E-state index contributed by atoms with van der Waals surface area (Å²) in [6.45, 7) is 4.10. The van der Waals surface area contributed by atoms with Crippen molar-refractivity contribution >= 4 is 40.6 Å². The number of carbonyl (C=O) groups excluding carboxylic acids is 1. The molecule has 0 fully saturated rings. The predicted octanol–water partition coefficient (Wildman–Crippen LogP) is 5.07. The van der Waals surface area contributed by atoms with Crippen molar-refractivity contribution < 1.29 is 13.9 Å². The zero-order valence-electron chi connectivity index (χ0n) is 20.6. The van der Waals surface area contributed by atoms with Crippen LogP contribution in [0, 0.1) is 5.82 Å². The summed E-state index contributed by atoms with van der Waals surface area (Å²) in [5.41, 5.74) is 2.40. The molecule has 3 aromatic carbocycles. The fraction of sp³-hybridized carbons (Fsp3) is 0.138. The summed E-state index contributed by atoms with van der Waals surface area (Å²) >= 11 is 7.56. The van der Waals surface area contributed by atoms with Crippen molar-refractivity contribution in [3.05, 3.63) is 126 Å². The number of nitrogens with one attached hydrogen (secondary N) is 1. The number of para-hydroxylation sites is 1. The lowest BCUT2D eigenvalue weighted by Gasteiger charge is -2.25. The maximum absolute atomic E-state index is 13.8. The highest BCUT2D eigenvalue weighted by atomic mass is 35.5. The van der Waals surface area contributed by atoms with Gasteiger partial charge >= 0.3 is 0 Å². The molecule has 1 amide bonds. The highest BCUT2D eigenvalue weighted by Gasteiger charge is 2.32. The summed E-state index contributed by atoms with van der Waals surface area (Å²) < 4.78 is 21.2. The van der Waals surface area contributed by atoms with Crippen LogP contribution in [0.25, 0.3) is 6.08 Å². The molecule has 6 nitrogen and oxygen atoms in total. The van der Waals surface area contributed by atoms with Crippen LogP contribution in [0.1, 0.15) is 31.0 Å². The molecule has 4 aromatic rings. The van der Waals surface area contributed by atoms with Gasteiger partial charge in [-0.15, -0.1) is 0 Å². The Balaban J connectivity index is 1.64. The smallest absolute Gasteiger partial charge is 0.271 e. The average molecular weight is 548 g/mol. The van der Waals surface area contributed by atoms with Gasteiger partial charge in [-0.25, -0.2) is 9.38 Å². The van der Waals surface area contributed by atoms with E-state index in [-0.39, 0.29) is 11.5 Å². The SMILES string of the molecule is CCOc1ccc(/C=c2\sc3n(c2=O)[C@@H](c2ccc(F)cc2)C(C(=O)Nc2ccccc2)=C(C)N=3)cc1Cl. The topological polar surface area (TPSA) is 72.7 Å². The molecule has 1 atom stereocenters. The van der Waals surface area contributed by atoms with Gasteiger partial charge in [0.05, 0.1) is 33.5 Å². The highest BCUT2D eigenvalue weighted by Crippen LogP contribution is 2.31. The van der Waals surface area contributed by atoms with Crippen molar-refractivity contribution in [1.29, 1.82) is 0 Å². The molecule has 38 heavy (non-hydrogen) atoms. The molecular formula is C29H23ClFN3O3S. The van der Waals surface area contributed by atoms with Gasteiger partial charge in [0.2, 0.25) is 0 Å². The normalized spacial score (nSPS) is 15.2. The lowest BCUT2D eigenvalue weighted by Crippen LogP contribution is -2.40. The van der Waals surface area contributed by atoms with Gasteiger partial charge in [0, 0.05) is 5.69 Å². The summed E-state index contributed by atoms with van der Waals surface area (Å²) in [5.74, 6) is -0.238. The first-order chi connectivity index (χ1) is 18.4. The number of ether oxygens (including phenoxy) is 1. The molecule has 192 valence electrons. The Morgan fingerprint density at radius 1 is 1.16 bits per heavy atom. The van der Waals surface area contributed by atoms with Gasteiger partial charge in [0.15, 0.2) is 4.80 Å². The van der Waals surface area contributed by atoms with E-state index in [0.717, 1.165) is 5.56 Å². The van der Waals surface area contributed by atoms with Gasteiger partial charge in [-0.3, -0.25) is 14.2 Å². The Morgan fingerprint density at radius 3 is 2.58 bits per heavy atom. The van der Waals surface area contributed by atoms with E-state index >= 15 is 0 Å². The molecule has 0 saturated heterocycles. The minimum absolute atomic E-state index is 0.309. The van der Waals surface area contributed by atoms with Crippen molar-refractivity contribution in [2.75, 3.05) is 11.9 Å². The Kier molecular flexibility index (Phi) is 7.26. The molecule has 0 aliphatic carbocycles. The van der Waals surface area contributed by atoms with E-state index in [4.69, 9.17) is 16.3 Å². The molecule has 1 aromatic heterocycles. The lowest BCUT2D eigenvalue weighted by atomic mass is 9.95. The van der Waals surface area contributed by atoms with Crippen LogP contribution in [0.2, 0.25) is 5.02 Å². The third-order valence-electron chi connectivity index (χ3n) is 6.04. The minimum atomic E-state index is -0.790. The van der Waals surface area contributed by atoms with Crippen molar-refractivity contribution in [3.63, 3.8) is 0 Å². The number of carbonyl (C=O) groups is 1. The molecule has 2 heterocycles. The molecule has 5 rings (SSSR count). The Hall–Kier alpha value is -4.01. The second-order valence-corrected chi connectivity index (χ2v) is 9.99. The van der Waals surface area contributed by atoms with Crippen LogP contribution in [0.5, 0.6) is 5.75 Å². The molecule has 1 aliphatic heterocycles. The van der Waals surface area contributed by atoms with Crippen LogP contribution in [-0.2, 0) is 4.79 Å². The first-order valence-corrected chi connectivity index (χ1v) is 13.1. The fourth-order valence-electron chi connectivity index (χ4n) is 4.32. The van der Waals surface area contributed by atoms with E-state index in [9.17, 15) is 14.0 Å². The van der Waals surface area contributed by atoms with E-state index in [1.54, 1.807) is 49.4 Å². The Labute approximate surface area is 227 Å². The van der Waals surface area contributed by atoms with Crippen LogP contribution in [-0.4, -0.2) is 17.1 Å². The number of anilines is 1. The number of amides is 1. The monoisotopic (exact) mass is 547 g/mol. The van der Waals surface area contributed by atoms with Crippen LogP contribution in [0.3, 0.4) is 0 Å². The van der Waals surface area contributed by atoms with Crippen LogP contribution in [0.15, 0.2) is 93.9 Å². The van der Waals surface area contributed by atoms with Crippen molar-refractivity contribution in [2.24, 2.45) is 4.99 Å². The zero-order valence-corrected chi connectivity index (χ0v) is 22.1. The average Bonchev–Trinajstić information content (AvgIpc) is 3.20. The van der Waals surface area contributed by atoms with Crippen LogP contribution >= 0.6 is 22.9 Å². The van der Waals surface area contributed by atoms with Gasteiger partial charge < -0.3 is 10.1 Å². The molecule has 9 heteroatoms. The largest absolute Gasteiger partial charge is 0.492 e. The first kappa shape index (κ1) is 25.6. The number of benzene rings is 3. The Morgan fingerprint density at radius 2 is 1.89 bits per heavy atom. The molecule has 0 radical (unpaired) electrons. The second kappa shape index (κ2) is 10.8. The number of hydrogen-bond acceptors (Lipinski definition) is 5. The van der Waals surface area contributed by atoms with E-state index in [1.165, 1.54) is 28.0 Å². The van der Waals surface area contributed by atoms with Crippen molar-refractivity contribution in [1.82, 2.24) is 4.57 Å². The predicted molar refractivity (Wildman–Crippen MR) is 148 cm³/mol. The number of rotatable bonds is 6. The number of thiazole rings is 1. The summed E-state index contributed by atoms with van der Waals surface area (Å²) in [4.78, 5) is 32.3. The second-order valence-electron chi connectivity index (χ2n) is 8.58. The molecule has 1 N–H and O–H groups in total. The Bertz CT molecular complexity index is 1730. The number of fused-ring (bicyclic) bond motifs is 1. The van der Waals surface area contributed by atoms with Crippen LogP contribution < -0.4 is 24.9 Å².